The van der Waals surface area contributed by atoms with Crippen molar-refractivity contribution in [2.75, 3.05) is 19.6 Å². The maximum Gasteiger partial charge on any atom is 0.273 e. The Kier molecular flexibility index (Phi) is 5.81. The van der Waals surface area contributed by atoms with Crippen LogP contribution in [0.2, 0.25) is 0 Å². The van der Waals surface area contributed by atoms with Crippen molar-refractivity contribution in [3.05, 3.63) is 52.4 Å². The van der Waals surface area contributed by atoms with E-state index in [1.54, 1.807) is 18.6 Å². The van der Waals surface area contributed by atoms with Gasteiger partial charge in [-0.25, -0.2) is 5.43 Å². The zero-order valence-corrected chi connectivity index (χ0v) is 16.3. The number of H-pyrrole nitrogens is 1. The number of hydrogen-bond acceptors (Lipinski definition) is 5. The van der Waals surface area contributed by atoms with Gasteiger partial charge in [-0.3, -0.25) is 14.8 Å². The fraction of sp³-hybridized carbons (Fsp3) is 0.400. The van der Waals surface area contributed by atoms with Crippen LogP contribution < -0.4 is 5.43 Å². The van der Waals surface area contributed by atoms with E-state index in [2.05, 4.69) is 58.1 Å². The molecule has 3 rings (SSSR count). The second-order valence-corrected chi connectivity index (χ2v) is 6.59. The molecule has 0 fully saturated rings. The fourth-order valence-electron chi connectivity index (χ4n) is 3.37. The zero-order chi connectivity index (χ0) is 19.4. The van der Waals surface area contributed by atoms with E-state index >= 15 is 0 Å². The third kappa shape index (κ3) is 3.98. The third-order valence-electron chi connectivity index (χ3n) is 5.07. The molecule has 2 aromatic heterocycles. The average Bonchev–Trinajstić information content (AvgIpc) is 3.17. The molecule has 142 valence electrons. The Morgan fingerprint density at radius 1 is 1.19 bits per heavy atom. The highest BCUT2D eigenvalue weighted by atomic mass is 16.2. The summed E-state index contributed by atoms with van der Waals surface area (Å²) in [7, 11) is 0. The SMILES string of the molecule is CCN(CC)CCc1c(C)[nH]c(C=C2C(=O)NN=C2c2cnccn2)c1C. The topological polar surface area (TPSA) is 86.3 Å². The second kappa shape index (κ2) is 8.26. The van der Waals surface area contributed by atoms with Crippen LogP contribution in [0.1, 0.15) is 42.1 Å². The molecule has 0 radical (unpaired) electrons. The van der Waals surface area contributed by atoms with Crippen LogP contribution in [0.4, 0.5) is 0 Å². The van der Waals surface area contributed by atoms with E-state index in [0.29, 0.717) is 17.0 Å². The van der Waals surface area contributed by atoms with Crippen molar-refractivity contribution in [3.63, 3.8) is 0 Å². The van der Waals surface area contributed by atoms with Gasteiger partial charge in [0.2, 0.25) is 0 Å². The molecular formula is C20H26N6O. The molecule has 1 aliphatic rings. The minimum absolute atomic E-state index is 0.230. The summed E-state index contributed by atoms with van der Waals surface area (Å²) < 4.78 is 0. The first-order valence-electron chi connectivity index (χ1n) is 9.32. The number of nitrogens with one attached hydrogen (secondary N) is 2. The lowest BCUT2D eigenvalue weighted by molar-refractivity contribution is -0.116. The predicted molar refractivity (Wildman–Crippen MR) is 106 cm³/mol. The standard InChI is InChI=1S/C20H26N6O/c1-5-26(6-2)10-7-15-13(3)17(23-14(15)4)11-16-19(24-25-20(16)27)18-12-21-8-9-22-18/h8-9,11-12,23H,5-7,10H2,1-4H3,(H,25,27). The Morgan fingerprint density at radius 2 is 1.96 bits per heavy atom. The number of nitrogens with zero attached hydrogens (tertiary/aromatic N) is 4. The highest BCUT2D eigenvalue weighted by Crippen LogP contribution is 2.23. The van der Waals surface area contributed by atoms with Gasteiger partial charge in [-0.1, -0.05) is 13.8 Å². The molecule has 0 aliphatic carbocycles. The molecule has 2 aromatic rings. The fourth-order valence-corrected chi connectivity index (χ4v) is 3.37. The number of hydrogen-bond donors (Lipinski definition) is 2. The number of carbonyl (C=O) groups is 1. The third-order valence-corrected chi connectivity index (χ3v) is 5.07. The van der Waals surface area contributed by atoms with E-state index in [-0.39, 0.29) is 5.91 Å². The Hall–Kier alpha value is -2.80. The lowest BCUT2D eigenvalue weighted by Crippen LogP contribution is -2.25. The first kappa shape index (κ1) is 19.0. The first-order chi connectivity index (χ1) is 13.0. The van der Waals surface area contributed by atoms with E-state index in [1.807, 2.05) is 6.08 Å². The van der Waals surface area contributed by atoms with Crippen LogP contribution in [-0.4, -0.2) is 51.1 Å². The highest BCUT2D eigenvalue weighted by Gasteiger charge is 2.26. The van der Waals surface area contributed by atoms with Gasteiger partial charge in [-0.15, -0.1) is 0 Å². The molecule has 1 amide bonds. The van der Waals surface area contributed by atoms with E-state index in [4.69, 9.17) is 0 Å². The monoisotopic (exact) mass is 366 g/mol. The van der Waals surface area contributed by atoms with Crippen molar-refractivity contribution >= 4 is 17.7 Å². The highest BCUT2D eigenvalue weighted by molar-refractivity contribution is 6.32. The average molecular weight is 366 g/mol. The summed E-state index contributed by atoms with van der Waals surface area (Å²) in [4.78, 5) is 26.5. The van der Waals surface area contributed by atoms with Crippen LogP contribution in [0.3, 0.4) is 0 Å². The minimum atomic E-state index is -0.230. The number of aryl methyl sites for hydroxylation is 1. The number of hydrazone groups is 1. The van der Waals surface area contributed by atoms with Gasteiger partial charge in [0.15, 0.2) is 0 Å². The quantitative estimate of drug-likeness (QED) is 0.736. The maximum absolute atomic E-state index is 12.3. The zero-order valence-electron chi connectivity index (χ0n) is 16.3. The molecule has 2 N–H and O–H groups in total. The predicted octanol–water partition coefficient (Wildman–Crippen LogP) is 2.22. The summed E-state index contributed by atoms with van der Waals surface area (Å²) in [5.74, 6) is -0.230. The Balaban J connectivity index is 1.89. The van der Waals surface area contributed by atoms with Crippen LogP contribution in [0, 0.1) is 13.8 Å². The molecule has 0 spiro atoms. The first-order valence-corrected chi connectivity index (χ1v) is 9.32. The Morgan fingerprint density at radius 3 is 2.63 bits per heavy atom. The van der Waals surface area contributed by atoms with Gasteiger partial charge in [0.05, 0.1) is 11.8 Å². The lowest BCUT2D eigenvalue weighted by Gasteiger charge is -2.17. The number of likely N-dealkylation sites (N-methyl/N-ethyl adjacent to an activating group) is 1. The van der Waals surface area contributed by atoms with Crippen molar-refractivity contribution in [1.29, 1.82) is 0 Å². The van der Waals surface area contributed by atoms with Crippen LogP contribution >= 0.6 is 0 Å². The van der Waals surface area contributed by atoms with Crippen molar-refractivity contribution in [2.45, 2.75) is 34.1 Å². The molecule has 7 nitrogen and oxygen atoms in total. The molecule has 0 bridgehead atoms. The van der Waals surface area contributed by atoms with Crippen LogP contribution in [0.5, 0.6) is 0 Å². The van der Waals surface area contributed by atoms with Gasteiger partial charge in [0, 0.05) is 30.3 Å². The summed E-state index contributed by atoms with van der Waals surface area (Å²) >= 11 is 0. The van der Waals surface area contributed by atoms with Crippen LogP contribution in [0.15, 0.2) is 29.3 Å². The smallest absolute Gasteiger partial charge is 0.273 e. The van der Waals surface area contributed by atoms with Gasteiger partial charge in [0.25, 0.3) is 5.91 Å². The van der Waals surface area contributed by atoms with E-state index < -0.39 is 0 Å². The van der Waals surface area contributed by atoms with Crippen molar-refractivity contribution < 1.29 is 4.79 Å². The molecule has 1 aliphatic heterocycles. The summed E-state index contributed by atoms with van der Waals surface area (Å²) in [5, 5.41) is 4.13. The van der Waals surface area contributed by atoms with Gasteiger partial charge in [-0.2, -0.15) is 5.10 Å². The van der Waals surface area contributed by atoms with Crippen molar-refractivity contribution in [1.82, 2.24) is 25.3 Å². The normalized spacial score (nSPS) is 15.5. The summed E-state index contributed by atoms with van der Waals surface area (Å²) in [6, 6.07) is 0. The van der Waals surface area contributed by atoms with E-state index in [0.717, 1.165) is 37.4 Å². The number of rotatable bonds is 7. The number of aromatic nitrogens is 3. The van der Waals surface area contributed by atoms with Gasteiger partial charge >= 0.3 is 0 Å². The van der Waals surface area contributed by atoms with Crippen LogP contribution in [-0.2, 0) is 11.2 Å². The molecule has 0 aromatic carbocycles. The molecule has 0 unspecified atom stereocenters. The molecule has 7 heteroatoms. The molecular weight excluding hydrogens is 340 g/mol. The van der Waals surface area contributed by atoms with Gasteiger partial charge in [-0.05, 0) is 50.6 Å². The lowest BCUT2D eigenvalue weighted by atomic mass is 10.0. The Labute approximate surface area is 159 Å². The maximum atomic E-state index is 12.3. The Bertz CT molecular complexity index is 877. The van der Waals surface area contributed by atoms with E-state index in [1.165, 1.54) is 11.1 Å². The second-order valence-electron chi connectivity index (χ2n) is 6.59. The molecule has 0 saturated carbocycles. The largest absolute Gasteiger partial charge is 0.359 e. The number of carbonyl (C=O) groups excluding carboxylic acids is 1. The van der Waals surface area contributed by atoms with Crippen molar-refractivity contribution in [3.8, 4) is 0 Å². The van der Waals surface area contributed by atoms with Gasteiger partial charge < -0.3 is 9.88 Å². The number of amides is 1. The molecule has 0 saturated heterocycles. The molecule has 27 heavy (non-hydrogen) atoms. The van der Waals surface area contributed by atoms with Crippen molar-refractivity contribution in [2.24, 2.45) is 5.10 Å². The molecule has 0 atom stereocenters. The molecule has 3 heterocycles. The summed E-state index contributed by atoms with van der Waals surface area (Å²) in [6.45, 7) is 11.7. The van der Waals surface area contributed by atoms with E-state index in [9.17, 15) is 4.79 Å². The van der Waals surface area contributed by atoms with Gasteiger partial charge in [0.1, 0.15) is 11.4 Å². The minimum Gasteiger partial charge on any atom is -0.359 e. The summed E-state index contributed by atoms with van der Waals surface area (Å²) in [6.07, 6.45) is 7.64. The summed E-state index contributed by atoms with van der Waals surface area (Å²) in [5.41, 5.74) is 8.67. The van der Waals surface area contributed by atoms with Crippen LogP contribution in [0.25, 0.3) is 6.08 Å². The number of aromatic amines is 1.